The van der Waals surface area contributed by atoms with Crippen LogP contribution in [0.25, 0.3) is 0 Å². The monoisotopic (exact) mass is 288 g/mol. The number of fused-ring (bicyclic) bond motifs is 1. The van der Waals surface area contributed by atoms with Gasteiger partial charge >= 0.3 is 5.97 Å². The molecule has 2 aliphatic heterocycles. The Morgan fingerprint density at radius 3 is 2.76 bits per heavy atom. The normalized spacial score (nSPS) is 20.6. The highest BCUT2D eigenvalue weighted by atomic mass is 16.5. The lowest BCUT2D eigenvalue weighted by molar-refractivity contribution is -0.127. The largest absolute Gasteiger partial charge is 0.465 e. The molecule has 21 heavy (non-hydrogen) atoms. The molecule has 1 atom stereocenters. The molecule has 0 aromatic heterocycles. The smallest absolute Gasteiger partial charge is 0.337 e. The summed E-state index contributed by atoms with van der Waals surface area (Å²) in [7, 11) is 1.40. The first-order valence-electron chi connectivity index (χ1n) is 7.33. The van der Waals surface area contributed by atoms with Crippen LogP contribution < -0.4 is 4.90 Å². The predicted molar refractivity (Wildman–Crippen MR) is 79.5 cm³/mol. The Morgan fingerprint density at radius 1 is 1.29 bits per heavy atom. The highest BCUT2D eigenvalue weighted by Crippen LogP contribution is 2.33. The molecule has 1 aromatic carbocycles. The molecule has 3 rings (SSSR count). The standard InChI is InChI=1S/C16H20N2O3/c1-11(19)17-7-6-14(10-17)18-8-5-12-3-4-13(9-15(12)18)16(20)21-2/h3-4,9,14H,5-8,10H2,1-2H3. The number of carbonyl (C=O) groups is 2. The van der Waals surface area contributed by atoms with Crippen LogP contribution in [-0.4, -0.2) is 49.6 Å². The van der Waals surface area contributed by atoms with Gasteiger partial charge in [0, 0.05) is 38.3 Å². The molecule has 5 nitrogen and oxygen atoms in total. The number of esters is 1. The van der Waals surface area contributed by atoms with Gasteiger partial charge in [0.2, 0.25) is 5.91 Å². The molecule has 0 bridgehead atoms. The first-order valence-corrected chi connectivity index (χ1v) is 7.33. The van der Waals surface area contributed by atoms with Gasteiger partial charge in [-0.3, -0.25) is 4.79 Å². The Hall–Kier alpha value is -2.04. The average molecular weight is 288 g/mol. The number of amides is 1. The topological polar surface area (TPSA) is 49.9 Å². The van der Waals surface area contributed by atoms with Gasteiger partial charge in [-0.1, -0.05) is 6.07 Å². The van der Waals surface area contributed by atoms with Gasteiger partial charge in [-0.25, -0.2) is 4.79 Å². The summed E-state index contributed by atoms with van der Waals surface area (Å²) in [6.45, 7) is 4.17. The van der Waals surface area contributed by atoms with Crippen molar-refractivity contribution in [3.8, 4) is 0 Å². The van der Waals surface area contributed by atoms with Crippen molar-refractivity contribution in [2.45, 2.75) is 25.8 Å². The fourth-order valence-electron chi connectivity index (χ4n) is 3.31. The summed E-state index contributed by atoms with van der Waals surface area (Å²) in [6, 6.07) is 6.11. The third-order valence-electron chi connectivity index (χ3n) is 4.49. The number of nitrogens with zero attached hydrogens (tertiary/aromatic N) is 2. The minimum atomic E-state index is -0.304. The van der Waals surface area contributed by atoms with E-state index in [1.807, 2.05) is 23.1 Å². The van der Waals surface area contributed by atoms with E-state index in [9.17, 15) is 9.59 Å². The zero-order valence-electron chi connectivity index (χ0n) is 12.5. The fourth-order valence-corrected chi connectivity index (χ4v) is 3.31. The third kappa shape index (κ3) is 2.48. The van der Waals surface area contributed by atoms with Gasteiger partial charge in [0.05, 0.1) is 12.7 Å². The van der Waals surface area contributed by atoms with Crippen molar-refractivity contribution in [1.82, 2.24) is 4.90 Å². The van der Waals surface area contributed by atoms with Crippen LogP contribution in [0.4, 0.5) is 5.69 Å². The van der Waals surface area contributed by atoms with E-state index in [-0.39, 0.29) is 11.9 Å². The van der Waals surface area contributed by atoms with Crippen LogP contribution in [0.1, 0.15) is 29.3 Å². The second-order valence-electron chi connectivity index (χ2n) is 5.69. The van der Waals surface area contributed by atoms with Crippen LogP contribution in [-0.2, 0) is 16.0 Å². The molecule has 0 N–H and O–H groups in total. The van der Waals surface area contributed by atoms with Gasteiger partial charge in [-0.2, -0.15) is 0 Å². The summed E-state index contributed by atoms with van der Waals surface area (Å²) < 4.78 is 4.79. The first kappa shape index (κ1) is 13.9. The van der Waals surface area contributed by atoms with Crippen LogP contribution in [0.5, 0.6) is 0 Å². The van der Waals surface area contributed by atoms with E-state index in [4.69, 9.17) is 4.74 Å². The Bertz CT molecular complexity index is 585. The van der Waals surface area contributed by atoms with Crippen molar-refractivity contribution in [2.75, 3.05) is 31.6 Å². The molecular formula is C16H20N2O3. The summed E-state index contributed by atoms with van der Waals surface area (Å²) in [4.78, 5) is 27.4. The summed E-state index contributed by atoms with van der Waals surface area (Å²) in [5, 5.41) is 0. The lowest BCUT2D eigenvalue weighted by Gasteiger charge is -2.27. The predicted octanol–water partition coefficient (Wildman–Crippen LogP) is 1.46. The zero-order chi connectivity index (χ0) is 15.0. The molecule has 1 fully saturated rings. The number of anilines is 1. The lowest BCUT2D eigenvalue weighted by Crippen LogP contribution is -2.37. The molecule has 0 radical (unpaired) electrons. The summed E-state index contributed by atoms with van der Waals surface area (Å²) in [5.74, 6) is -0.165. The molecule has 5 heteroatoms. The Balaban J connectivity index is 1.83. The highest BCUT2D eigenvalue weighted by Gasteiger charge is 2.32. The van der Waals surface area contributed by atoms with Crippen molar-refractivity contribution in [3.63, 3.8) is 0 Å². The molecule has 1 saturated heterocycles. The molecule has 2 heterocycles. The van der Waals surface area contributed by atoms with Gasteiger partial charge < -0.3 is 14.5 Å². The van der Waals surface area contributed by atoms with Crippen molar-refractivity contribution in [1.29, 1.82) is 0 Å². The van der Waals surface area contributed by atoms with E-state index < -0.39 is 0 Å². The van der Waals surface area contributed by atoms with E-state index in [0.717, 1.165) is 38.2 Å². The Labute approximate surface area is 124 Å². The maximum atomic E-state index is 11.7. The first-order chi connectivity index (χ1) is 10.1. The van der Waals surface area contributed by atoms with E-state index in [0.29, 0.717) is 11.6 Å². The van der Waals surface area contributed by atoms with Gasteiger partial charge in [0.1, 0.15) is 0 Å². The van der Waals surface area contributed by atoms with Crippen LogP contribution in [0.2, 0.25) is 0 Å². The number of methoxy groups -OCH3 is 1. The number of carbonyl (C=O) groups excluding carboxylic acids is 2. The summed E-state index contributed by atoms with van der Waals surface area (Å²) >= 11 is 0. The minimum Gasteiger partial charge on any atom is -0.465 e. The number of hydrogen-bond acceptors (Lipinski definition) is 4. The lowest BCUT2D eigenvalue weighted by atomic mass is 10.1. The molecule has 1 aromatic rings. The second kappa shape index (κ2) is 5.39. The molecule has 1 amide bonds. The van der Waals surface area contributed by atoms with Crippen molar-refractivity contribution in [3.05, 3.63) is 29.3 Å². The summed E-state index contributed by atoms with van der Waals surface area (Å²) in [5.41, 5.74) is 2.97. The molecule has 0 spiro atoms. The number of hydrogen-bond donors (Lipinski definition) is 0. The number of benzene rings is 1. The van der Waals surface area contributed by atoms with Crippen molar-refractivity contribution < 1.29 is 14.3 Å². The molecule has 1 unspecified atom stereocenters. The third-order valence-corrected chi connectivity index (χ3v) is 4.49. The number of likely N-dealkylation sites (tertiary alicyclic amines) is 1. The van der Waals surface area contributed by atoms with Gasteiger partial charge in [0.15, 0.2) is 0 Å². The van der Waals surface area contributed by atoms with E-state index in [1.54, 1.807) is 6.92 Å². The molecule has 0 saturated carbocycles. The number of ether oxygens (including phenoxy) is 1. The highest BCUT2D eigenvalue weighted by molar-refractivity contribution is 5.91. The maximum absolute atomic E-state index is 11.7. The van der Waals surface area contributed by atoms with Gasteiger partial charge in [-0.05, 0) is 30.5 Å². The quantitative estimate of drug-likeness (QED) is 0.773. The van der Waals surface area contributed by atoms with Crippen LogP contribution in [0, 0.1) is 0 Å². The van der Waals surface area contributed by atoms with Crippen LogP contribution in [0.3, 0.4) is 0 Å². The van der Waals surface area contributed by atoms with E-state index in [1.165, 1.54) is 12.7 Å². The molecule has 0 aliphatic carbocycles. The Kier molecular flexibility index (Phi) is 3.57. The maximum Gasteiger partial charge on any atom is 0.337 e. The van der Waals surface area contributed by atoms with E-state index in [2.05, 4.69) is 4.90 Å². The minimum absolute atomic E-state index is 0.139. The van der Waals surface area contributed by atoms with Gasteiger partial charge in [0.25, 0.3) is 0 Å². The zero-order valence-corrected chi connectivity index (χ0v) is 12.5. The number of rotatable bonds is 2. The molecule has 112 valence electrons. The Morgan fingerprint density at radius 2 is 2.10 bits per heavy atom. The van der Waals surface area contributed by atoms with Crippen LogP contribution >= 0.6 is 0 Å². The van der Waals surface area contributed by atoms with Crippen molar-refractivity contribution >= 4 is 17.6 Å². The van der Waals surface area contributed by atoms with E-state index >= 15 is 0 Å². The molecular weight excluding hydrogens is 268 g/mol. The summed E-state index contributed by atoms with van der Waals surface area (Å²) in [6.07, 6.45) is 1.98. The van der Waals surface area contributed by atoms with Crippen LogP contribution in [0.15, 0.2) is 18.2 Å². The van der Waals surface area contributed by atoms with Crippen molar-refractivity contribution in [2.24, 2.45) is 0 Å². The fraction of sp³-hybridized carbons (Fsp3) is 0.500. The van der Waals surface area contributed by atoms with Gasteiger partial charge in [-0.15, -0.1) is 0 Å². The second-order valence-corrected chi connectivity index (χ2v) is 5.69. The average Bonchev–Trinajstić information content (AvgIpc) is 3.11. The molecule has 2 aliphatic rings. The SMILES string of the molecule is COC(=O)c1ccc2c(c1)N(C1CCN(C(C)=O)C1)CC2.